The van der Waals surface area contributed by atoms with Crippen molar-refractivity contribution in [1.82, 2.24) is 60.9 Å². The van der Waals surface area contributed by atoms with E-state index in [0.717, 1.165) is 28.9 Å². The first-order chi connectivity index (χ1) is 46.1. The van der Waals surface area contributed by atoms with E-state index in [0.29, 0.717) is 45.1 Å². The van der Waals surface area contributed by atoms with Crippen LogP contribution < -0.4 is 26.6 Å². The molecule has 0 aliphatic carbocycles. The van der Waals surface area contributed by atoms with Crippen molar-refractivity contribution in [1.29, 1.82) is 0 Å². The van der Waals surface area contributed by atoms with Crippen LogP contribution in [-0.2, 0) is 67.0 Å². The van der Waals surface area contributed by atoms with Crippen LogP contribution in [0.4, 0.5) is 4.79 Å². The van der Waals surface area contributed by atoms with E-state index in [4.69, 9.17) is 9.47 Å². The van der Waals surface area contributed by atoms with Gasteiger partial charge < -0.3 is 75.5 Å². The molecule has 1 fully saturated rings. The number of carbonyl (C=O) groups excluding carboxylic acids is 13. The van der Waals surface area contributed by atoms with Gasteiger partial charge in [0.2, 0.25) is 65.1 Å². The first-order valence-electron chi connectivity index (χ1n) is 35.9. The molecule has 28 heteroatoms. The molecule has 0 saturated carbocycles. The third-order valence-corrected chi connectivity index (χ3v) is 18.5. The Hall–Kier alpha value is -7.13. The quantitative estimate of drug-likeness (QED) is 0.0486. The van der Waals surface area contributed by atoms with Crippen LogP contribution in [0, 0.1) is 41.4 Å². The van der Waals surface area contributed by atoms with E-state index in [1.165, 1.54) is 75.7 Å². The van der Waals surface area contributed by atoms with Crippen molar-refractivity contribution in [3.63, 3.8) is 0 Å². The van der Waals surface area contributed by atoms with Gasteiger partial charge in [0.05, 0.1) is 13.2 Å². The SMILES string of the molecule is CC[C@H]1NC(=O)[C@H]([C@H](O)[C@H](C)CCCCCCNC(=O)OC(C)(C)C)N(C)C(=O)[C@@H](C(C)C)N(C)C(=O)[C@@H](CC(C)C)N(C)C(=O)[C@H](CC(C)C)N(C)C(=O)[C@H](C)NC(=O)[C@@H](C)NC(=O)[C@@H](CCC(C)C)N(C)C(=O)[C@@H](C(C)C)NC(=O)[C@H](CC(C)C)N(C)C(=O)[C@@H](C(=O)OC)N(C)C1=O. The lowest BCUT2D eigenvalue weighted by Gasteiger charge is -2.41. The van der Waals surface area contributed by atoms with Crippen molar-refractivity contribution in [2.24, 2.45) is 41.4 Å². The molecule has 574 valence electrons. The zero-order valence-electron chi connectivity index (χ0n) is 65.7. The van der Waals surface area contributed by atoms with Crippen LogP contribution in [0.3, 0.4) is 0 Å². The van der Waals surface area contributed by atoms with Crippen LogP contribution in [-0.4, -0.2) is 258 Å². The van der Waals surface area contributed by atoms with E-state index in [9.17, 15) is 43.5 Å². The van der Waals surface area contributed by atoms with Gasteiger partial charge in [0, 0.05) is 55.9 Å². The lowest BCUT2D eigenvalue weighted by Crippen LogP contribution is -2.64. The average molecular weight is 1420 g/mol. The predicted molar refractivity (Wildman–Crippen MR) is 382 cm³/mol. The normalized spacial score (nSPS) is 25.3. The fourth-order valence-electron chi connectivity index (χ4n) is 12.3. The Morgan fingerprint density at radius 2 is 0.940 bits per heavy atom. The highest BCUT2D eigenvalue weighted by molar-refractivity contribution is 6.07. The van der Waals surface area contributed by atoms with Crippen LogP contribution in [0.1, 0.15) is 202 Å². The molecule has 0 unspecified atom stereocenters. The molecule has 13 atom stereocenters. The number of nitrogens with one attached hydrogen (secondary N) is 5. The van der Waals surface area contributed by atoms with Gasteiger partial charge in [-0.25, -0.2) is 9.59 Å². The monoisotopic (exact) mass is 1420 g/mol. The number of carbonyl (C=O) groups is 13. The minimum Gasteiger partial charge on any atom is -0.467 e. The number of likely N-dealkylation sites (N-methyl/N-ethyl adjacent to an activating group) is 7. The summed E-state index contributed by atoms with van der Waals surface area (Å²) in [5.74, 6) is -12.6. The maximum absolute atomic E-state index is 15.5. The van der Waals surface area contributed by atoms with Gasteiger partial charge in [-0.3, -0.25) is 52.7 Å². The standard InChI is InChI=1S/C72H130N12O16/c1-28-49-64(91)84(26)57(70(97)99-27)69(96)79(21)51(37-41(4)5)61(88)77-54(44(10)11)67(94)78(20)50(35-34-40(2)3)60(87)74-47(15)59(86)75-48(16)63(90)80(22)52(38-42(6)7)65(92)81(23)53(39-43(8)9)66(93)82(24)55(45(12)13)68(95)83(25)56(62(89)76-49)58(85)46(14)33-31-29-30-32-36-73-71(98)100-72(17,18)19/h40-58,85H,28-39H2,1-27H3,(H,73,98)(H,74,87)(H,75,86)(H,76,89)(H,77,88)/t46-,47-,48+,49-,50-,51+,52+,53-,54-,55-,56+,57+,58-/m1/s1. The summed E-state index contributed by atoms with van der Waals surface area (Å²) in [4.78, 5) is 198. The Bertz CT molecular complexity index is 2750. The number of alkyl carbamates (subject to hydrolysis) is 1. The Labute approximate surface area is 597 Å². The molecule has 0 spiro atoms. The Morgan fingerprint density at radius 1 is 0.480 bits per heavy atom. The van der Waals surface area contributed by atoms with E-state index >= 15 is 24.0 Å². The number of aliphatic hydroxyl groups is 1. The number of nitrogens with zero attached hydrogens (tertiary/aromatic N) is 7. The molecule has 0 aromatic rings. The molecule has 0 aromatic carbocycles. The Morgan fingerprint density at radius 3 is 1.42 bits per heavy atom. The zero-order valence-corrected chi connectivity index (χ0v) is 65.7. The van der Waals surface area contributed by atoms with Gasteiger partial charge in [-0.1, -0.05) is 116 Å². The number of rotatable bonds is 22. The largest absolute Gasteiger partial charge is 0.467 e. The number of esters is 1. The molecule has 28 nitrogen and oxygen atoms in total. The molecule has 1 heterocycles. The number of aliphatic hydroxyl groups excluding tert-OH is 1. The van der Waals surface area contributed by atoms with Crippen LogP contribution >= 0.6 is 0 Å². The smallest absolute Gasteiger partial charge is 0.407 e. The first-order valence-corrected chi connectivity index (χ1v) is 35.9. The first kappa shape index (κ1) is 90.9. The molecular formula is C72H130N12O16. The molecule has 1 aliphatic rings. The summed E-state index contributed by atoms with van der Waals surface area (Å²) in [7, 11) is 10.4. The Balaban J connectivity index is 4.46. The number of ether oxygens (including phenoxy) is 2. The van der Waals surface area contributed by atoms with Crippen LogP contribution in [0.15, 0.2) is 0 Å². The number of methoxy groups -OCH3 is 1. The fourth-order valence-corrected chi connectivity index (χ4v) is 12.3. The molecule has 1 saturated heterocycles. The molecule has 12 amide bonds. The molecular weight excluding hydrogens is 1290 g/mol. The molecule has 0 aromatic heterocycles. The van der Waals surface area contributed by atoms with E-state index in [-0.39, 0.29) is 55.8 Å². The van der Waals surface area contributed by atoms with Crippen molar-refractivity contribution in [2.75, 3.05) is 63.0 Å². The summed E-state index contributed by atoms with van der Waals surface area (Å²) in [6, 6.07) is -15.5. The third-order valence-electron chi connectivity index (χ3n) is 18.5. The summed E-state index contributed by atoms with van der Waals surface area (Å²) in [6.45, 7) is 33.3. The average Bonchev–Trinajstić information content (AvgIpc) is 0.803. The number of hydrogen-bond donors (Lipinski definition) is 6. The van der Waals surface area contributed by atoms with Crippen molar-refractivity contribution >= 4 is 77.0 Å². The summed E-state index contributed by atoms with van der Waals surface area (Å²) in [5.41, 5.74) is -0.671. The van der Waals surface area contributed by atoms with Crippen LogP contribution in [0.5, 0.6) is 0 Å². The highest BCUT2D eigenvalue weighted by Crippen LogP contribution is 2.27. The summed E-state index contributed by atoms with van der Waals surface area (Å²) >= 11 is 0. The van der Waals surface area contributed by atoms with Crippen LogP contribution in [0.2, 0.25) is 0 Å². The van der Waals surface area contributed by atoms with Crippen molar-refractivity contribution < 1.29 is 76.9 Å². The second-order valence-electron chi connectivity index (χ2n) is 30.9. The van der Waals surface area contributed by atoms with E-state index in [1.54, 1.807) is 76.2 Å². The highest BCUT2D eigenvalue weighted by atomic mass is 16.6. The molecule has 1 aliphatic heterocycles. The zero-order chi connectivity index (χ0) is 77.5. The number of hydrogen-bond acceptors (Lipinski definition) is 16. The minimum atomic E-state index is -2.06. The van der Waals surface area contributed by atoms with Gasteiger partial charge >= 0.3 is 12.1 Å². The predicted octanol–water partition coefficient (Wildman–Crippen LogP) is 4.71. The summed E-state index contributed by atoms with van der Waals surface area (Å²) < 4.78 is 10.5. The summed E-state index contributed by atoms with van der Waals surface area (Å²) in [6.07, 6.45) is 1.31. The second kappa shape index (κ2) is 41.7. The molecule has 100 heavy (non-hydrogen) atoms. The fraction of sp³-hybridized carbons (Fsp3) is 0.819. The van der Waals surface area contributed by atoms with Gasteiger partial charge in [0.25, 0.3) is 5.91 Å². The van der Waals surface area contributed by atoms with Gasteiger partial charge in [-0.2, -0.15) is 0 Å². The van der Waals surface area contributed by atoms with Crippen LogP contribution in [0.25, 0.3) is 0 Å². The third kappa shape index (κ3) is 27.0. The molecule has 0 bridgehead atoms. The molecule has 0 radical (unpaired) electrons. The molecule has 1 rings (SSSR count). The van der Waals surface area contributed by atoms with Gasteiger partial charge in [-0.05, 0) is 127 Å². The van der Waals surface area contributed by atoms with Crippen molar-refractivity contribution in [3.8, 4) is 0 Å². The molecule has 6 N–H and O–H groups in total. The number of amides is 12. The maximum Gasteiger partial charge on any atom is 0.407 e. The van der Waals surface area contributed by atoms with Gasteiger partial charge in [0.15, 0.2) is 0 Å². The van der Waals surface area contributed by atoms with Crippen molar-refractivity contribution in [3.05, 3.63) is 0 Å². The van der Waals surface area contributed by atoms with E-state index in [2.05, 4.69) is 26.6 Å². The lowest BCUT2D eigenvalue weighted by atomic mass is 9.90. The second-order valence-corrected chi connectivity index (χ2v) is 30.9. The highest BCUT2D eigenvalue weighted by Gasteiger charge is 2.47. The topological polar surface area (TPSA) is 343 Å². The minimum absolute atomic E-state index is 0.0163. The van der Waals surface area contributed by atoms with Gasteiger partial charge in [-0.15, -0.1) is 0 Å². The maximum atomic E-state index is 15.5. The van der Waals surface area contributed by atoms with E-state index in [1.807, 2.05) is 41.5 Å². The van der Waals surface area contributed by atoms with Gasteiger partial charge in [0.1, 0.15) is 66.0 Å². The summed E-state index contributed by atoms with van der Waals surface area (Å²) in [5, 5.41) is 26.2. The lowest BCUT2D eigenvalue weighted by molar-refractivity contribution is -0.162. The number of unbranched alkanes of at least 4 members (excludes halogenated alkanes) is 3. The van der Waals surface area contributed by atoms with E-state index < -0.39 is 173 Å². The Kier molecular flexibility index (Phi) is 37.9. The van der Waals surface area contributed by atoms with Crippen molar-refractivity contribution in [2.45, 2.75) is 280 Å².